The predicted octanol–water partition coefficient (Wildman–Crippen LogP) is 1.16. The Kier molecular flexibility index (Phi) is 4.28. The molecular formula is C12H12N4O2S. The molecule has 98 valence electrons. The number of amides is 1. The number of rotatable bonds is 3. The molecule has 1 amide bonds. The van der Waals surface area contributed by atoms with E-state index in [1.807, 2.05) is 0 Å². The number of aliphatic hydroxyl groups excluding tert-OH is 1. The Balaban J connectivity index is 2.03. The van der Waals surface area contributed by atoms with Crippen molar-refractivity contribution in [2.45, 2.75) is 13.3 Å². The number of aryl methyl sites for hydroxylation is 1. The van der Waals surface area contributed by atoms with E-state index in [4.69, 9.17) is 5.11 Å². The molecular weight excluding hydrogens is 264 g/mol. The fraction of sp³-hybridized carbons (Fsp3) is 0.250. The summed E-state index contributed by atoms with van der Waals surface area (Å²) in [6, 6.07) is 0. The molecule has 0 unspecified atom stereocenters. The molecule has 0 aliphatic carbocycles. The van der Waals surface area contributed by atoms with E-state index in [1.165, 1.54) is 17.5 Å². The van der Waals surface area contributed by atoms with Crippen molar-refractivity contribution in [1.29, 1.82) is 0 Å². The van der Waals surface area contributed by atoms with Crippen molar-refractivity contribution in [3.8, 4) is 11.8 Å². The maximum Gasteiger partial charge on any atom is 0.260 e. The summed E-state index contributed by atoms with van der Waals surface area (Å²) in [5.74, 6) is 5.40. The van der Waals surface area contributed by atoms with E-state index in [0.29, 0.717) is 22.8 Å². The predicted molar refractivity (Wildman–Crippen MR) is 72.0 cm³/mol. The molecule has 0 aliphatic heterocycles. The van der Waals surface area contributed by atoms with E-state index in [-0.39, 0.29) is 12.5 Å². The Morgan fingerprint density at radius 1 is 1.58 bits per heavy atom. The fourth-order valence-electron chi connectivity index (χ4n) is 1.34. The molecule has 7 heteroatoms. The summed E-state index contributed by atoms with van der Waals surface area (Å²) < 4.78 is 0. The molecule has 0 saturated carbocycles. The van der Waals surface area contributed by atoms with E-state index in [2.05, 4.69) is 32.3 Å². The average Bonchev–Trinajstić information content (AvgIpc) is 2.99. The molecule has 0 fully saturated rings. The highest BCUT2D eigenvalue weighted by molar-refractivity contribution is 7.16. The van der Waals surface area contributed by atoms with Gasteiger partial charge in [0.15, 0.2) is 5.13 Å². The first-order valence-electron chi connectivity index (χ1n) is 5.57. The highest BCUT2D eigenvalue weighted by atomic mass is 32.1. The Hall–Kier alpha value is -2.17. The van der Waals surface area contributed by atoms with Gasteiger partial charge in [0.1, 0.15) is 0 Å². The third kappa shape index (κ3) is 3.40. The number of nitrogens with one attached hydrogen (secondary N) is 2. The molecule has 0 atom stereocenters. The lowest BCUT2D eigenvalue weighted by atomic mass is 10.2. The summed E-state index contributed by atoms with van der Waals surface area (Å²) in [7, 11) is 0. The molecule has 0 aromatic carbocycles. The third-order valence-electron chi connectivity index (χ3n) is 2.25. The highest BCUT2D eigenvalue weighted by Gasteiger charge is 2.12. The monoisotopic (exact) mass is 276 g/mol. The van der Waals surface area contributed by atoms with Crippen molar-refractivity contribution < 1.29 is 9.90 Å². The van der Waals surface area contributed by atoms with Crippen molar-refractivity contribution in [3.63, 3.8) is 0 Å². The van der Waals surface area contributed by atoms with Crippen molar-refractivity contribution >= 4 is 22.4 Å². The molecule has 2 heterocycles. The van der Waals surface area contributed by atoms with Gasteiger partial charge in [-0.1, -0.05) is 23.2 Å². The lowest BCUT2D eigenvalue weighted by Crippen LogP contribution is -2.11. The minimum atomic E-state index is -0.254. The third-order valence-corrected chi connectivity index (χ3v) is 3.08. The van der Waals surface area contributed by atoms with Crippen molar-refractivity contribution in [2.75, 3.05) is 11.9 Å². The van der Waals surface area contributed by atoms with Gasteiger partial charge in [0.05, 0.1) is 29.4 Å². The van der Waals surface area contributed by atoms with Crippen molar-refractivity contribution in [2.24, 2.45) is 0 Å². The van der Waals surface area contributed by atoms with Gasteiger partial charge in [-0.2, -0.15) is 5.10 Å². The van der Waals surface area contributed by atoms with Crippen molar-refractivity contribution in [1.82, 2.24) is 15.2 Å². The fourth-order valence-corrected chi connectivity index (χ4v) is 2.03. The molecule has 6 nitrogen and oxygen atoms in total. The summed E-state index contributed by atoms with van der Waals surface area (Å²) in [4.78, 5) is 16.7. The molecule has 0 radical (unpaired) electrons. The van der Waals surface area contributed by atoms with E-state index in [0.717, 1.165) is 4.88 Å². The van der Waals surface area contributed by atoms with Crippen LogP contribution in [0, 0.1) is 18.8 Å². The Labute approximate surface area is 113 Å². The highest BCUT2D eigenvalue weighted by Crippen LogP contribution is 2.18. The minimum absolute atomic E-state index is 0.0369. The minimum Gasteiger partial charge on any atom is -0.395 e. The molecule has 2 rings (SSSR count). The van der Waals surface area contributed by atoms with Crippen LogP contribution in [0.2, 0.25) is 0 Å². The van der Waals surface area contributed by atoms with Crippen LogP contribution in [0.5, 0.6) is 0 Å². The number of hydrogen-bond donors (Lipinski definition) is 3. The SMILES string of the molecule is Cc1[nH]ncc1C(=O)Nc1ncc(C#CCCO)s1. The van der Waals surface area contributed by atoms with E-state index < -0.39 is 0 Å². The number of carbonyl (C=O) groups excluding carboxylic acids is 1. The summed E-state index contributed by atoms with van der Waals surface area (Å²) in [6.45, 7) is 1.81. The van der Waals surface area contributed by atoms with E-state index in [1.54, 1.807) is 13.1 Å². The standard InChI is InChI=1S/C12H12N4O2S/c1-8-10(7-14-16-8)11(18)15-12-13-6-9(19-12)4-2-3-5-17/h6-7,17H,3,5H2,1H3,(H,14,16)(H,13,15,18). The molecule has 0 bridgehead atoms. The normalized spacial score (nSPS) is 9.79. The molecule has 2 aromatic heterocycles. The summed E-state index contributed by atoms with van der Waals surface area (Å²) in [6.07, 6.45) is 3.49. The Morgan fingerprint density at radius 3 is 3.11 bits per heavy atom. The first-order valence-corrected chi connectivity index (χ1v) is 6.39. The summed E-state index contributed by atoms with van der Waals surface area (Å²) in [5.41, 5.74) is 1.19. The van der Waals surface area contributed by atoms with Crippen LogP contribution >= 0.6 is 11.3 Å². The van der Waals surface area contributed by atoms with E-state index in [9.17, 15) is 4.79 Å². The number of thiazole rings is 1. The van der Waals surface area contributed by atoms with Crippen LogP contribution in [0.3, 0.4) is 0 Å². The second kappa shape index (κ2) is 6.13. The second-order valence-corrected chi connectivity index (χ2v) is 4.70. The van der Waals surface area contributed by atoms with Gasteiger partial charge in [-0.25, -0.2) is 4.98 Å². The van der Waals surface area contributed by atoms with Gasteiger partial charge in [-0.05, 0) is 6.92 Å². The number of aromatic amines is 1. The number of anilines is 1. The molecule has 0 aliphatic rings. The molecule has 3 N–H and O–H groups in total. The van der Waals surface area contributed by atoms with Crippen LogP contribution in [-0.2, 0) is 0 Å². The average molecular weight is 276 g/mol. The molecule has 0 saturated heterocycles. The topological polar surface area (TPSA) is 90.9 Å². The lowest BCUT2D eigenvalue weighted by molar-refractivity contribution is 0.102. The number of nitrogens with zero attached hydrogens (tertiary/aromatic N) is 2. The van der Waals surface area contributed by atoms with Crippen LogP contribution in [0.4, 0.5) is 5.13 Å². The van der Waals surface area contributed by atoms with Gasteiger partial charge in [-0.3, -0.25) is 15.2 Å². The second-order valence-electron chi connectivity index (χ2n) is 3.67. The zero-order valence-corrected chi connectivity index (χ0v) is 11.0. The summed E-state index contributed by atoms with van der Waals surface area (Å²) >= 11 is 1.29. The number of hydrogen-bond acceptors (Lipinski definition) is 5. The molecule has 2 aromatic rings. The van der Waals surface area contributed by atoms with Crippen LogP contribution in [0.1, 0.15) is 27.3 Å². The van der Waals surface area contributed by atoms with Gasteiger partial charge in [-0.15, -0.1) is 0 Å². The smallest absolute Gasteiger partial charge is 0.260 e. The zero-order chi connectivity index (χ0) is 13.7. The van der Waals surface area contributed by atoms with Crippen LogP contribution < -0.4 is 5.32 Å². The Bertz CT molecular complexity index is 635. The van der Waals surface area contributed by atoms with Crippen molar-refractivity contribution in [3.05, 3.63) is 28.5 Å². The maximum atomic E-state index is 11.9. The van der Waals surface area contributed by atoms with Gasteiger partial charge < -0.3 is 5.11 Å². The maximum absolute atomic E-state index is 11.9. The van der Waals surface area contributed by atoms with Gasteiger partial charge in [0.25, 0.3) is 5.91 Å². The first kappa shape index (κ1) is 13.3. The van der Waals surface area contributed by atoms with Gasteiger partial charge in [0, 0.05) is 12.1 Å². The quantitative estimate of drug-likeness (QED) is 0.734. The largest absolute Gasteiger partial charge is 0.395 e. The van der Waals surface area contributed by atoms with Gasteiger partial charge >= 0.3 is 0 Å². The van der Waals surface area contributed by atoms with Crippen LogP contribution in [0.25, 0.3) is 0 Å². The summed E-state index contributed by atoms with van der Waals surface area (Å²) in [5, 5.41) is 18.3. The molecule has 19 heavy (non-hydrogen) atoms. The lowest BCUT2D eigenvalue weighted by Gasteiger charge is -1.98. The molecule has 0 spiro atoms. The van der Waals surface area contributed by atoms with E-state index >= 15 is 0 Å². The first-order chi connectivity index (χ1) is 9.20. The zero-order valence-electron chi connectivity index (χ0n) is 10.2. The van der Waals surface area contributed by atoms with Gasteiger partial charge in [0.2, 0.25) is 0 Å². The number of H-pyrrole nitrogens is 1. The Morgan fingerprint density at radius 2 is 2.42 bits per heavy atom. The number of aromatic nitrogens is 3. The number of aliphatic hydroxyl groups is 1. The number of carbonyl (C=O) groups is 1. The van der Waals surface area contributed by atoms with Crippen LogP contribution in [0.15, 0.2) is 12.4 Å². The van der Waals surface area contributed by atoms with Crippen LogP contribution in [-0.4, -0.2) is 32.8 Å².